The Hall–Kier alpha value is -1.02. The van der Waals surface area contributed by atoms with E-state index in [-0.39, 0.29) is 0 Å². The van der Waals surface area contributed by atoms with Gasteiger partial charge in [-0.1, -0.05) is 31.5 Å². The zero-order valence-electron chi connectivity index (χ0n) is 10.9. The zero-order chi connectivity index (χ0) is 12.1. The van der Waals surface area contributed by atoms with Gasteiger partial charge in [0.25, 0.3) is 0 Å². The normalized spacial score (nSPS) is 17.5. The Labute approximate surface area is 104 Å². The minimum absolute atomic E-state index is 0.659. The van der Waals surface area contributed by atoms with E-state index in [0.29, 0.717) is 5.92 Å². The van der Waals surface area contributed by atoms with Crippen LogP contribution in [-0.4, -0.2) is 19.7 Å². The molecule has 1 atom stereocenters. The number of nitrogens with one attached hydrogen (secondary N) is 1. The molecule has 94 valence electrons. The lowest BCUT2D eigenvalue weighted by molar-refractivity contribution is 0.319. The molecule has 1 aliphatic rings. The quantitative estimate of drug-likeness (QED) is 0.815. The van der Waals surface area contributed by atoms with E-state index in [0.717, 1.165) is 24.8 Å². The molecule has 0 radical (unpaired) electrons. The van der Waals surface area contributed by atoms with Gasteiger partial charge < -0.3 is 10.1 Å². The van der Waals surface area contributed by atoms with Gasteiger partial charge >= 0.3 is 0 Å². The van der Waals surface area contributed by atoms with Gasteiger partial charge in [0.05, 0.1) is 7.11 Å². The summed E-state index contributed by atoms with van der Waals surface area (Å²) in [4.78, 5) is 0. The van der Waals surface area contributed by atoms with Crippen molar-refractivity contribution in [2.24, 2.45) is 5.92 Å². The fourth-order valence-electron chi connectivity index (χ4n) is 2.30. The summed E-state index contributed by atoms with van der Waals surface area (Å²) in [5, 5.41) is 3.64. The van der Waals surface area contributed by atoms with Crippen LogP contribution in [0.25, 0.3) is 0 Å². The van der Waals surface area contributed by atoms with Gasteiger partial charge in [0, 0.05) is 6.04 Å². The highest BCUT2D eigenvalue weighted by Gasteiger charge is 2.17. The van der Waals surface area contributed by atoms with Gasteiger partial charge in [-0.05, 0) is 43.4 Å². The van der Waals surface area contributed by atoms with E-state index >= 15 is 0 Å². The summed E-state index contributed by atoms with van der Waals surface area (Å²) in [6.45, 7) is 3.42. The van der Waals surface area contributed by atoms with Crippen LogP contribution in [0.15, 0.2) is 24.3 Å². The molecule has 17 heavy (non-hydrogen) atoms. The maximum Gasteiger partial charge on any atom is 0.122 e. The Bertz CT molecular complexity index is 347. The van der Waals surface area contributed by atoms with Crippen LogP contribution in [0.1, 0.15) is 31.7 Å². The van der Waals surface area contributed by atoms with Crippen LogP contribution in [0.5, 0.6) is 5.75 Å². The Kier molecular flexibility index (Phi) is 4.43. The van der Waals surface area contributed by atoms with Crippen molar-refractivity contribution >= 4 is 0 Å². The van der Waals surface area contributed by atoms with Crippen molar-refractivity contribution in [3.05, 3.63) is 29.8 Å². The smallest absolute Gasteiger partial charge is 0.122 e. The molecule has 0 aromatic heterocycles. The second-order valence-electron chi connectivity index (χ2n) is 5.16. The van der Waals surface area contributed by atoms with E-state index < -0.39 is 0 Å². The molecule has 1 N–H and O–H groups in total. The highest BCUT2D eigenvalue weighted by Crippen LogP contribution is 2.22. The predicted molar refractivity (Wildman–Crippen MR) is 71.5 cm³/mol. The Morgan fingerprint density at radius 3 is 2.76 bits per heavy atom. The van der Waals surface area contributed by atoms with Gasteiger partial charge in [-0.25, -0.2) is 0 Å². The molecule has 0 aliphatic heterocycles. The summed E-state index contributed by atoms with van der Waals surface area (Å²) in [6.07, 6.45) is 5.21. The first kappa shape index (κ1) is 12.4. The van der Waals surface area contributed by atoms with Gasteiger partial charge in [0.2, 0.25) is 0 Å². The molecule has 0 spiro atoms. The first-order valence-corrected chi connectivity index (χ1v) is 6.65. The maximum atomic E-state index is 5.38. The van der Waals surface area contributed by atoms with Crippen molar-refractivity contribution in [3.63, 3.8) is 0 Å². The molecule has 1 aromatic rings. The van der Waals surface area contributed by atoms with Crippen LogP contribution in [0.2, 0.25) is 0 Å². The van der Waals surface area contributed by atoms with E-state index in [1.54, 1.807) is 7.11 Å². The van der Waals surface area contributed by atoms with Crippen LogP contribution in [0.3, 0.4) is 0 Å². The molecule has 1 saturated carbocycles. The molecule has 2 rings (SSSR count). The van der Waals surface area contributed by atoms with Gasteiger partial charge in [0.1, 0.15) is 5.75 Å². The van der Waals surface area contributed by atoms with Crippen molar-refractivity contribution in [2.45, 2.75) is 38.6 Å². The summed E-state index contributed by atoms with van der Waals surface area (Å²) in [7, 11) is 1.75. The molecular formula is C15H23NO. The van der Waals surface area contributed by atoms with Gasteiger partial charge in [0.15, 0.2) is 0 Å². The molecule has 1 aliphatic carbocycles. The largest absolute Gasteiger partial charge is 0.496 e. The third-order valence-corrected chi connectivity index (χ3v) is 3.62. The van der Waals surface area contributed by atoms with E-state index in [1.807, 2.05) is 12.1 Å². The van der Waals surface area contributed by atoms with Gasteiger partial charge in [-0.15, -0.1) is 0 Å². The van der Waals surface area contributed by atoms with Crippen molar-refractivity contribution in [1.82, 2.24) is 5.32 Å². The second-order valence-corrected chi connectivity index (χ2v) is 5.16. The zero-order valence-corrected chi connectivity index (χ0v) is 10.9. The summed E-state index contributed by atoms with van der Waals surface area (Å²) in [5.74, 6) is 1.68. The highest BCUT2D eigenvalue weighted by molar-refractivity contribution is 5.33. The lowest BCUT2D eigenvalue weighted by Gasteiger charge is -2.28. The molecule has 2 nitrogen and oxygen atoms in total. The van der Waals surface area contributed by atoms with Crippen LogP contribution in [0.4, 0.5) is 0 Å². The number of rotatable bonds is 6. The van der Waals surface area contributed by atoms with Crippen molar-refractivity contribution < 1.29 is 4.74 Å². The standard InChI is InChI=1S/C15H23NO/c1-12(11-16-14-7-5-8-14)10-13-6-3-4-9-15(13)17-2/h3-4,6,9,12,14,16H,5,7-8,10-11H2,1-2H3. The lowest BCUT2D eigenvalue weighted by atomic mass is 9.92. The van der Waals surface area contributed by atoms with Crippen LogP contribution in [0, 0.1) is 5.92 Å². The summed E-state index contributed by atoms with van der Waals surface area (Å²) < 4.78 is 5.38. The van der Waals surface area contributed by atoms with E-state index in [4.69, 9.17) is 4.74 Å². The summed E-state index contributed by atoms with van der Waals surface area (Å²) in [5.41, 5.74) is 1.32. The first-order chi connectivity index (χ1) is 8.29. The third kappa shape index (κ3) is 3.47. The fraction of sp³-hybridized carbons (Fsp3) is 0.600. The molecule has 2 heteroatoms. The van der Waals surface area contributed by atoms with E-state index in [9.17, 15) is 0 Å². The van der Waals surface area contributed by atoms with Crippen molar-refractivity contribution in [2.75, 3.05) is 13.7 Å². The summed E-state index contributed by atoms with van der Waals surface area (Å²) >= 11 is 0. The number of hydrogen-bond donors (Lipinski definition) is 1. The molecule has 1 unspecified atom stereocenters. The topological polar surface area (TPSA) is 21.3 Å². The second kappa shape index (κ2) is 6.06. The molecule has 1 fully saturated rings. The van der Waals surface area contributed by atoms with Crippen LogP contribution < -0.4 is 10.1 Å². The number of methoxy groups -OCH3 is 1. The number of benzene rings is 1. The van der Waals surface area contributed by atoms with Crippen LogP contribution >= 0.6 is 0 Å². The van der Waals surface area contributed by atoms with Crippen molar-refractivity contribution in [1.29, 1.82) is 0 Å². The van der Waals surface area contributed by atoms with Gasteiger partial charge in [-0.2, -0.15) is 0 Å². The molecule has 0 heterocycles. The number of hydrogen-bond acceptors (Lipinski definition) is 2. The molecule has 0 amide bonds. The highest BCUT2D eigenvalue weighted by atomic mass is 16.5. The SMILES string of the molecule is COc1ccccc1CC(C)CNC1CCC1. The Morgan fingerprint density at radius 1 is 1.35 bits per heavy atom. The molecule has 0 bridgehead atoms. The third-order valence-electron chi connectivity index (χ3n) is 3.62. The fourth-order valence-corrected chi connectivity index (χ4v) is 2.30. The average Bonchev–Trinajstić information content (AvgIpc) is 2.27. The van der Waals surface area contributed by atoms with Crippen LogP contribution in [-0.2, 0) is 6.42 Å². The predicted octanol–water partition coefficient (Wildman–Crippen LogP) is 3.02. The number of ether oxygens (including phenoxy) is 1. The Balaban J connectivity index is 1.81. The van der Waals surface area contributed by atoms with E-state index in [2.05, 4.69) is 24.4 Å². The number of para-hydroxylation sites is 1. The molecule has 1 aromatic carbocycles. The minimum atomic E-state index is 0.659. The first-order valence-electron chi connectivity index (χ1n) is 6.65. The molecule has 0 saturated heterocycles. The Morgan fingerprint density at radius 2 is 2.12 bits per heavy atom. The maximum absolute atomic E-state index is 5.38. The minimum Gasteiger partial charge on any atom is -0.496 e. The molecular weight excluding hydrogens is 210 g/mol. The summed E-state index contributed by atoms with van der Waals surface area (Å²) in [6, 6.07) is 9.11. The van der Waals surface area contributed by atoms with Crippen molar-refractivity contribution in [3.8, 4) is 5.75 Å². The monoisotopic (exact) mass is 233 g/mol. The average molecular weight is 233 g/mol. The van der Waals surface area contributed by atoms with Gasteiger partial charge in [-0.3, -0.25) is 0 Å². The van der Waals surface area contributed by atoms with E-state index in [1.165, 1.54) is 24.8 Å². The lowest BCUT2D eigenvalue weighted by Crippen LogP contribution is -2.38.